The van der Waals surface area contributed by atoms with E-state index in [1.54, 1.807) is 24.3 Å². The highest BCUT2D eigenvalue weighted by atomic mass is 35.5. The Balaban J connectivity index is 1.87. The first-order chi connectivity index (χ1) is 12.3. The van der Waals surface area contributed by atoms with E-state index in [4.69, 9.17) is 11.6 Å². The van der Waals surface area contributed by atoms with Gasteiger partial charge in [0.1, 0.15) is 6.54 Å². The number of para-hydroxylation sites is 2. The Morgan fingerprint density at radius 2 is 1.92 bits per heavy atom. The number of rotatable bonds is 3. The fourth-order valence-corrected chi connectivity index (χ4v) is 2.67. The van der Waals surface area contributed by atoms with E-state index in [1.165, 1.54) is 10.6 Å². The Kier molecular flexibility index (Phi) is 4.69. The molecule has 0 saturated heterocycles. The SMILES string of the molecule is O=C(Cn1c(=O)cnc2ccccc21)Nc1ccc(Cl)c(C(F)(F)F)c1. The van der Waals surface area contributed by atoms with Crippen molar-refractivity contribution in [3.63, 3.8) is 0 Å². The summed E-state index contributed by atoms with van der Waals surface area (Å²) in [5, 5.41) is 1.88. The van der Waals surface area contributed by atoms with Gasteiger partial charge in [0, 0.05) is 5.69 Å². The van der Waals surface area contributed by atoms with Crippen molar-refractivity contribution >= 4 is 34.2 Å². The molecule has 0 radical (unpaired) electrons. The van der Waals surface area contributed by atoms with Gasteiger partial charge in [0.15, 0.2) is 0 Å². The topological polar surface area (TPSA) is 64.0 Å². The van der Waals surface area contributed by atoms with E-state index in [-0.39, 0.29) is 12.2 Å². The molecule has 0 spiro atoms. The molecule has 0 atom stereocenters. The van der Waals surface area contributed by atoms with Gasteiger partial charge in [-0.1, -0.05) is 23.7 Å². The average Bonchev–Trinajstić information content (AvgIpc) is 2.58. The van der Waals surface area contributed by atoms with Crippen LogP contribution in [0.25, 0.3) is 11.0 Å². The van der Waals surface area contributed by atoms with E-state index < -0.39 is 28.2 Å². The monoisotopic (exact) mass is 381 g/mol. The summed E-state index contributed by atoms with van der Waals surface area (Å²) < 4.78 is 39.9. The molecule has 0 fully saturated rings. The van der Waals surface area contributed by atoms with Crippen LogP contribution in [0.4, 0.5) is 18.9 Å². The minimum absolute atomic E-state index is 0.0712. The molecular formula is C17H11ClF3N3O2. The largest absolute Gasteiger partial charge is 0.417 e. The average molecular weight is 382 g/mol. The molecule has 1 heterocycles. The second kappa shape index (κ2) is 6.80. The van der Waals surface area contributed by atoms with Gasteiger partial charge in [-0.3, -0.25) is 14.2 Å². The summed E-state index contributed by atoms with van der Waals surface area (Å²) >= 11 is 5.55. The van der Waals surface area contributed by atoms with Crippen molar-refractivity contribution in [3.05, 3.63) is 69.6 Å². The molecule has 0 bridgehead atoms. The number of anilines is 1. The summed E-state index contributed by atoms with van der Waals surface area (Å²) in [5.74, 6) is -0.654. The number of halogens is 4. The van der Waals surface area contributed by atoms with E-state index >= 15 is 0 Å². The van der Waals surface area contributed by atoms with Crippen LogP contribution in [0.5, 0.6) is 0 Å². The summed E-state index contributed by atoms with van der Waals surface area (Å²) in [4.78, 5) is 28.2. The quantitative estimate of drug-likeness (QED) is 0.752. The molecule has 3 rings (SSSR count). The molecule has 9 heteroatoms. The number of carbonyl (C=O) groups is 1. The Bertz CT molecular complexity index is 1050. The minimum atomic E-state index is -4.64. The summed E-state index contributed by atoms with van der Waals surface area (Å²) in [7, 11) is 0. The predicted octanol–water partition coefficient (Wildman–Crippen LogP) is 3.71. The van der Waals surface area contributed by atoms with Gasteiger partial charge >= 0.3 is 6.18 Å². The maximum Gasteiger partial charge on any atom is 0.417 e. The van der Waals surface area contributed by atoms with Crippen LogP contribution in [-0.4, -0.2) is 15.5 Å². The van der Waals surface area contributed by atoms with Crippen LogP contribution in [0.2, 0.25) is 5.02 Å². The predicted molar refractivity (Wildman–Crippen MR) is 91.1 cm³/mol. The second-order valence-electron chi connectivity index (χ2n) is 5.41. The fraction of sp³-hybridized carbons (Fsp3) is 0.118. The van der Waals surface area contributed by atoms with Crippen molar-refractivity contribution in [2.45, 2.75) is 12.7 Å². The Labute approximate surface area is 150 Å². The number of hydrogen-bond acceptors (Lipinski definition) is 3. The standard InChI is InChI=1S/C17H11ClF3N3O2/c18-12-6-5-10(7-11(12)17(19,20)21)23-15(25)9-24-14-4-2-1-3-13(14)22-8-16(24)26/h1-8H,9H2,(H,23,25). The van der Waals surface area contributed by atoms with Crippen LogP contribution in [0.15, 0.2) is 53.5 Å². The number of nitrogens with one attached hydrogen (secondary N) is 1. The summed E-state index contributed by atoms with van der Waals surface area (Å²) in [6.07, 6.45) is -3.56. The Hall–Kier alpha value is -2.87. The van der Waals surface area contributed by atoms with Gasteiger partial charge in [0.2, 0.25) is 5.91 Å². The fourth-order valence-electron chi connectivity index (χ4n) is 2.44. The van der Waals surface area contributed by atoms with Crippen LogP contribution in [-0.2, 0) is 17.5 Å². The van der Waals surface area contributed by atoms with Gasteiger partial charge in [-0.15, -0.1) is 0 Å². The van der Waals surface area contributed by atoms with Crippen LogP contribution in [0.1, 0.15) is 5.56 Å². The van der Waals surface area contributed by atoms with Crippen LogP contribution in [0, 0.1) is 0 Å². The van der Waals surface area contributed by atoms with Crippen molar-refractivity contribution in [2.24, 2.45) is 0 Å². The molecule has 0 saturated carbocycles. The normalized spacial score (nSPS) is 11.5. The second-order valence-corrected chi connectivity index (χ2v) is 5.82. The lowest BCUT2D eigenvalue weighted by atomic mass is 10.2. The van der Waals surface area contributed by atoms with E-state index in [0.717, 1.165) is 18.3 Å². The zero-order valence-electron chi connectivity index (χ0n) is 13.0. The molecule has 0 aliphatic rings. The van der Waals surface area contributed by atoms with Crippen molar-refractivity contribution in [3.8, 4) is 0 Å². The van der Waals surface area contributed by atoms with Gasteiger partial charge in [0.05, 0.1) is 27.8 Å². The van der Waals surface area contributed by atoms with Crippen LogP contribution >= 0.6 is 11.6 Å². The third kappa shape index (κ3) is 3.70. The summed E-state index contributed by atoms with van der Waals surface area (Å²) in [5.41, 5.74) is -0.652. The highest BCUT2D eigenvalue weighted by molar-refractivity contribution is 6.31. The number of amides is 1. The molecular weight excluding hydrogens is 371 g/mol. The lowest BCUT2D eigenvalue weighted by Crippen LogP contribution is -2.28. The molecule has 2 aromatic carbocycles. The number of hydrogen-bond donors (Lipinski definition) is 1. The molecule has 0 unspecified atom stereocenters. The lowest BCUT2D eigenvalue weighted by Gasteiger charge is -2.13. The molecule has 3 aromatic rings. The van der Waals surface area contributed by atoms with Crippen LogP contribution < -0.4 is 10.9 Å². The molecule has 26 heavy (non-hydrogen) atoms. The third-order valence-electron chi connectivity index (χ3n) is 3.61. The smallest absolute Gasteiger partial charge is 0.325 e. The first-order valence-corrected chi connectivity index (χ1v) is 7.75. The molecule has 5 nitrogen and oxygen atoms in total. The molecule has 134 valence electrons. The van der Waals surface area contributed by atoms with Crippen molar-refractivity contribution in [1.82, 2.24) is 9.55 Å². The first kappa shape index (κ1) is 17.9. The number of fused-ring (bicyclic) bond motifs is 1. The van der Waals surface area contributed by atoms with E-state index in [1.807, 2.05) is 0 Å². The lowest BCUT2D eigenvalue weighted by molar-refractivity contribution is -0.137. The van der Waals surface area contributed by atoms with E-state index in [0.29, 0.717) is 11.0 Å². The Morgan fingerprint density at radius 3 is 2.65 bits per heavy atom. The molecule has 1 N–H and O–H groups in total. The highest BCUT2D eigenvalue weighted by Gasteiger charge is 2.33. The number of nitrogens with zero attached hydrogens (tertiary/aromatic N) is 2. The molecule has 0 aliphatic carbocycles. The molecule has 1 aromatic heterocycles. The van der Waals surface area contributed by atoms with Gasteiger partial charge < -0.3 is 5.32 Å². The molecule has 0 aliphatic heterocycles. The maximum atomic E-state index is 12.9. The van der Waals surface area contributed by atoms with Crippen LogP contribution in [0.3, 0.4) is 0 Å². The van der Waals surface area contributed by atoms with E-state index in [2.05, 4.69) is 10.3 Å². The summed E-state index contributed by atoms with van der Waals surface area (Å²) in [6.45, 7) is -0.369. The van der Waals surface area contributed by atoms with Gasteiger partial charge in [-0.05, 0) is 30.3 Å². The van der Waals surface area contributed by atoms with Crippen molar-refractivity contribution < 1.29 is 18.0 Å². The van der Waals surface area contributed by atoms with Gasteiger partial charge in [-0.2, -0.15) is 13.2 Å². The Morgan fingerprint density at radius 1 is 1.19 bits per heavy atom. The number of carbonyl (C=O) groups excluding carboxylic acids is 1. The molecule has 1 amide bonds. The minimum Gasteiger partial charge on any atom is -0.325 e. The van der Waals surface area contributed by atoms with Gasteiger partial charge in [0.25, 0.3) is 5.56 Å². The number of alkyl halides is 3. The summed E-state index contributed by atoms with van der Waals surface area (Å²) in [6, 6.07) is 9.77. The third-order valence-corrected chi connectivity index (χ3v) is 3.94. The zero-order chi connectivity index (χ0) is 18.9. The highest BCUT2D eigenvalue weighted by Crippen LogP contribution is 2.36. The number of aromatic nitrogens is 2. The van der Waals surface area contributed by atoms with Gasteiger partial charge in [-0.25, -0.2) is 4.98 Å². The maximum absolute atomic E-state index is 12.9. The van der Waals surface area contributed by atoms with E-state index in [9.17, 15) is 22.8 Å². The zero-order valence-corrected chi connectivity index (χ0v) is 13.8. The first-order valence-electron chi connectivity index (χ1n) is 7.37. The number of benzene rings is 2. The van der Waals surface area contributed by atoms with Crippen molar-refractivity contribution in [1.29, 1.82) is 0 Å². The van der Waals surface area contributed by atoms with Crippen molar-refractivity contribution in [2.75, 3.05) is 5.32 Å².